The summed E-state index contributed by atoms with van der Waals surface area (Å²) in [6.45, 7) is 1.90. The summed E-state index contributed by atoms with van der Waals surface area (Å²) in [6.07, 6.45) is 1.75. The maximum Gasteiger partial charge on any atom is 0.337 e. The number of aryl methyl sites for hydroxylation is 1. The Hall–Kier alpha value is -4.65. The van der Waals surface area contributed by atoms with Crippen molar-refractivity contribution in [3.05, 3.63) is 90.1 Å². The van der Waals surface area contributed by atoms with E-state index in [0.29, 0.717) is 34.2 Å². The van der Waals surface area contributed by atoms with Gasteiger partial charge in [-0.3, -0.25) is 4.98 Å². The molecule has 0 aliphatic rings. The molecular weight excluding hydrogens is 428 g/mol. The predicted molar refractivity (Wildman–Crippen MR) is 129 cm³/mol. The fraction of sp³-hybridized carbons (Fsp3) is 0.0741. The van der Waals surface area contributed by atoms with Crippen molar-refractivity contribution in [2.45, 2.75) is 6.92 Å². The smallest absolute Gasteiger partial charge is 0.337 e. The maximum absolute atomic E-state index is 11.8. The van der Waals surface area contributed by atoms with Crippen LogP contribution in [0.4, 0.5) is 0 Å². The molecule has 5 aromatic rings. The van der Waals surface area contributed by atoms with Gasteiger partial charge in [0.1, 0.15) is 5.75 Å². The van der Waals surface area contributed by atoms with Gasteiger partial charge in [-0.2, -0.15) is 0 Å². The first-order chi connectivity index (χ1) is 16.5. The molecule has 5 rings (SSSR count). The van der Waals surface area contributed by atoms with Gasteiger partial charge in [-0.15, -0.1) is 0 Å². The first-order valence-corrected chi connectivity index (χ1v) is 10.6. The van der Waals surface area contributed by atoms with Crippen LogP contribution in [0.2, 0.25) is 0 Å². The van der Waals surface area contributed by atoms with Gasteiger partial charge < -0.3 is 9.84 Å². The number of aromatic nitrogens is 4. The van der Waals surface area contributed by atoms with Crippen LogP contribution in [-0.4, -0.2) is 38.1 Å². The molecule has 7 heteroatoms. The predicted octanol–water partition coefficient (Wildman–Crippen LogP) is 5.22. The highest BCUT2D eigenvalue weighted by Crippen LogP contribution is 2.31. The maximum atomic E-state index is 11.8. The zero-order valence-electron chi connectivity index (χ0n) is 18.6. The fourth-order valence-corrected chi connectivity index (χ4v) is 3.67. The van der Waals surface area contributed by atoms with E-state index in [2.05, 4.69) is 15.0 Å². The molecule has 0 radical (unpaired) electrons. The fourth-order valence-electron chi connectivity index (χ4n) is 3.67. The number of benzene rings is 3. The quantitative estimate of drug-likeness (QED) is 0.376. The Morgan fingerprint density at radius 2 is 1.53 bits per heavy atom. The van der Waals surface area contributed by atoms with E-state index in [4.69, 9.17) is 9.72 Å². The number of aromatic hydroxyl groups is 1. The highest BCUT2D eigenvalue weighted by atomic mass is 16.5. The molecule has 2 aromatic heterocycles. The van der Waals surface area contributed by atoms with E-state index in [1.807, 2.05) is 43.3 Å². The molecule has 0 saturated carbocycles. The summed E-state index contributed by atoms with van der Waals surface area (Å²) in [5.41, 5.74) is 4.23. The van der Waals surface area contributed by atoms with Crippen molar-refractivity contribution in [1.29, 1.82) is 0 Å². The number of hydrogen-bond acceptors (Lipinski definition) is 7. The number of nitrogens with zero attached hydrogens (tertiary/aromatic N) is 4. The molecule has 1 N–H and O–H groups in total. The van der Waals surface area contributed by atoms with Gasteiger partial charge in [0.05, 0.1) is 23.8 Å². The van der Waals surface area contributed by atoms with Crippen LogP contribution in [0.3, 0.4) is 0 Å². The Kier molecular flexibility index (Phi) is 5.43. The average molecular weight is 448 g/mol. The monoisotopic (exact) mass is 448 g/mol. The second-order valence-electron chi connectivity index (χ2n) is 7.81. The van der Waals surface area contributed by atoms with E-state index in [-0.39, 0.29) is 5.75 Å². The summed E-state index contributed by atoms with van der Waals surface area (Å²) in [4.78, 5) is 30.2. The Morgan fingerprint density at radius 3 is 2.26 bits per heavy atom. The van der Waals surface area contributed by atoms with Gasteiger partial charge in [-0.25, -0.2) is 19.7 Å². The number of carbonyl (C=O) groups excluding carboxylic acids is 1. The van der Waals surface area contributed by atoms with Crippen LogP contribution in [0.1, 0.15) is 15.9 Å². The number of carbonyl (C=O) groups is 1. The summed E-state index contributed by atoms with van der Waals surface area (Å²) < 4.78 is 4.78. The van der Waals surface area contributed by atoms with E-state index in [1.165, 1.54) is 7.11 Å². The van der Waals surface area contributed by atoms with Crippen molar-refractivity contribution in [2.75, 3.05) is 7.11 Å². The van der Waals surface area contributed by atoms with Gasteiger partial charge in [0, 0.05) is 22.7 Å². The number of rotatable bonds is 4. The van der Waals surface area contributed by atoms with Crippen LogP contribution >= 0.6 is 0 Å². The third kappa shape index (κ3) is 4.06. The lowest BCUT2D eigenvalue weighted by molar-refractivity contribution is 0.0600. The molecule has 7 nitrogen and oxygen atoms in total. The summed E-state index contributed by atoms with van der Waals surface area (Å²) in [5.74, 6) is 0.899. The molecule has 0 fully saturated rings. The lowest BCUT2D eigenvalue weighted by Crippen LogP contribution is -2.02. The first-order valence-electron chi connectivity index (χ1n) is 10.6. The first kappa shape index (κ1) is 21.2. The van der Waals surface area contributed by atoms with Gasteiger partial charge in [0.2, 0.25) is 0 Å². The molecule has 166 valence electrons. The van der Waals surface area contributed by atoms with Crippen molar-refractivity contribution >= 4 is 16.9 Å². The summed E-state index contributed by atoms with van der Waals surface area (Å²) >= 11 is 0. The van der Waals surface area contributed by atoms with Gasteiger partial charge in [0.15, 0.2) is 17.5 Å². The highest BCUT2D eigenvalue weighted by Gasteiger charge is 2.16. The van der Waals surface area contributed by atoms with Gasteiger partial charge >= 0.3 is 5.97 Å². The standard InChI is InChI=1S/C27H20N4O3/c1-16-5-11-21(23(32)14-16)26-30-24(17-6-8-18(9-7-17)27(33)34-2)29-25(31-26)20-10-12-22-19(15-20)4-3-13-28-22/h3-15,32H,1-2H3. The highest BCUT2D eigenvalue weighted by molar-refractivity contribution is 5.90. The van der Waals surface area contributed by atoms with E-state index in [0.717, 1.165) is 22.0 Å². The van der Waals surface area contributed by atoms with E-state index < -0.39 is 5.97 Å². The second kappa shape index (κ2) is 8.71. The third-order valence-electron chi connectivity index (χ3n) is 5.45. The van der Waals surface area contributed by atoms with Crippen LogP contribution in [0.15, 0.2) is 79.0 Å². The number of fused-ring (bicyclic) bond motifs is 1. The Bertz CT molecular complexity index is 1530. The Balaban J connectivity index is 1.68. The number of methoxy groups -OCH3 is 1. The van der Waals surface area contributed by atoms with Crippen LogP contribution in [0.25, 0.3) is 45.1 Å². The number of ether oxygens (including phenoxy) is 1. The van der Waals surface area contributed by atoms with E-state index in [9.17, 15) is 9.90 Å². The van der Waals surface area contributed by atoms with Crippen molar-refractivity contribution in [3.8, 4) is 39.9 Å². The molecule has 0 bridgehead atoms. The largest absolute Gasteiger partial charge is 0.507 e. The second-order valence-corrected chi connectivity index (χ2v) is 7.81. The zero-order valence-corrected chi connectivity index (χ0v) is 18.6. The topological polar surface area (TPSA) is 98.1 Å². The molecule has 2 heterocycles. The molecule has 0 saturated heterocycles. The summed E-state index contributed by atoms with van der Waals surface area (Å²) in [6, 6.07) is 21.9. The number of esters is 1. The van der Waals surface area contributed by atoms with Crippen LogP contribution in [0.5, 0.6) is 5.75 Å². The number of hydrogen-bond donors (Lipinski definition) is 1. The van der Waals surface area contributed by atoms with Gasteiger partial charge in [-0.1, -0.05) is 24.3 Å². The van der Waals surface area contributed by atoms with E-state index >= 15 is 0 Å². The van der Waals surface area contributed by atoms with E-state index in [1.54, 1.807) is 42.6 Å². The van der Waals surface area contributed by atoms with Crippen LogP contribution < -0.4 is 0 Å². The molecule has 0 atom stereocenters. The third-order valence-corrected chi connectivity index (χ3v) is 5.45. The molecule has 0 spiro atoms. The lowest BCUT2D eigenvalue weighted by atomic mass is 10.1. The SMILES string of the molecule is COC(=O)c1ccc(-c2nc(-c3ccc4ncccc4c3)nc(-c3ccc(C)cc3O)n2)cc1. The van der Waals surface area contributed by atoms with Crippen molar-refractivity contribution in [2.24, 2.45) is 0 Å². The van der Waals surface area contributed by atoms with Crippen molar-refractivity contribution in [1.82, 2.24) is 19.9 Å². The zero-order chi connectivity index (χ0) is 23.7. The lowest BCUT2D eigenvalue weighted by Gasteiger charge is -2.10. The van der Waals surface area contributed by atoms with Crippen LogP contribution in [0, 0.1) is 6.92 Å². The van der Waals surface area contributed by atoms with Crippen molar-refractivity contribution < 1.29 is 14.6 Å². The average Bonchev–Trinajstić information content (AvgIpc) is 2.87. The summed E-state index contributed by atoms with van der Waals surface area (Å²) in [5, 5.41) is 11.5. The molecule has 0 aliphatic carbocycles. The number of phenolic OH excluding ortho intramolecular Hbond substituents is 1. The minimum atomic E-state index is -0.419. The van der Waals surface area contributed by atoms with Gasteiger partial charge in [-0.05, 0) is 61.0 Å². The molecule has 34 heavy (non-hydrogen) atoms. The number of pyridine rings is 1. The van der Waals surface area contributed by atoms with Gasteiger partial charge in [0.25, 0.3) is 0 Å². The summed E-state index contributed by atoms with van der Waals surface area (Å²) in [7, 11) is 1.34. The molecule has 3 aromatic carbocycles. The molecule has 0 amide bonds. The Morgan fingerprint density at radius 1 is 0.824 bits per heavy atom. The molecular formula is C27H20N4O3. The van der Waals surface area contributed by atoms with Crippen LogP contribution in [-0.2, 0) is 4.74 Å². The molecule has 0 aliphatic heterocycles. The minimum Gasteiger partial charge on any atom is -0.507 e. The minimum absolute atomic E-state index is 0.0897. The normalized spacial score (nSPS) is 10.9. The molecule has 0 unspecified atom stereocenters. The van der Waals surface area contributed by atoms with Crippen molar-refractivity contribution in [3.63, 3.8) is 0 Å². The Labute approximate surface area is 195 Å². The number of phenols is 1.